The highest BCUT2D eigenvalue weighted by Gasteiger charge is 2.61. The maximum Gasteiger partial charge on any atom is 0.307 e. The minimum absolute atomic E-state index is 0.154. The molecule has 5 rings (SSSR count). The third-order valence-corrected chi connectivity index (χ3v) is 6.35. The maximum atomic E-state index is 14.1. The van der Waals surface area contributed by atoms with Crippen LogP contribution in [0.3, 0.4) is 0 Å². The van der Waals surface area contributed by atoms with E-state index in [9.17, 15) is 14.3 Å². The summed E-state index contributed by atoms with van der Waals surface area (Å²) in [4.78, 5) is 11.4. The predicted octanol–water partition coefficient (Wildman–Crippen LogP) is 5.88. The molecule has 3 nitrogen and oxygen atoms in total. The third-order valence-electron chi connectivity index (χ3n) is 6.35. The number of rotatable bonds is 4. The molecule has 0 bridgehead atoms. The number of ether oxygens (including phenoxy) is 1. The van der Waals surface area contributed by atoms with Crippen molar-refractivity contribution in [1.29, 1.82) is 0 Å². The average Bonchev–Trinajstić information content (AvgIpc) is 3.34. The molecule has 146 valence electrons. The van der Waals surface area contributed by atoms with Crippen molar-refractivity contribution in [2.24, 2.45) is 5.92 Å². The van der Waals surface area contributed by atoms with Gasteiger partial charge in [-0.25, -0.2) is 4.39 Å². The quantitative estimate of drug-likeness (QED) is 0.607. The number of carbonyl (C=O) groups is 1. The standard InChI is InChI=1S/C25H21FO3/c1-15-2-9-23(26)20(12-15)16-3-5-18(6-4-16)29-19-7-8-21-17(13-19)10-11-25(21)14-22(25)24(27)28/h2-9,12-13,22H,10-11,14H2,1H3,(H,27,28)/t22-,25-/m0/s1. The SMILES string of the molecule is Cc1ccc(F)c(-c2ccc(Oc3ccc4c(c3)CC[C@]43C[C@H]3C(=O)O)cc2)c1. The van der Waals surface area contributed by atoms with Crippen LogP contribution in [0.15, 0.2) is 60.7 Å². The second-order valence-electron chi connectivity index (χ2n) is 8.18. The molecule has 29 heavy (non-hydrogen) atoms. The first-order chi connectivity index (χ1) is 14.0. The van der Waals surface area contributed by atoms with Gasteiger partial charge >= 0.3 is 5.97 Å². The molecule has 0 heterocycles. The highest BCUT2D eigenvalue weighted by Crippen LogP contribution is 2.61. The lowest BCUT2D eigenvalue weighted by molar-refractivity contribution is -0.139. The number of benzene rings is 3. The van der Waals surface area contributed by atoms with Crippen LogP contribution < -0.4 is 4.74 Å². The molecular weight excluding hydrogens is 367 g/mol. The Morgan fingerprint density at radius 1 is 1.07 bits per heavy atom. The molecule has 0 unspecified atom stereocenters. The number of aryl methyl sites for hydroxylation is 2. The van der Waals surface area contributed by atoms with Gasteiger partial charge in [-0.15, -0.1) is 0 Å². The molecule has 0 saturated heterocycles. The Kier molecular flexibility index (Phi) is 3.98. The summed E-state index contributed by atoms with van der Waals surface area (Å²) >= 11 is 0. The third kappa shape index (κ3) is 3.00. The van der Waals surface area contributed by atoms with Crippen LogP contribution >= 0.6 is 0 Å². The zero-order valence-corrected chi connectivity index (χ0v) is 16.1. The van der Waals surface area contributed by atoms with E-state index in [4.69, 9.17) is 4.74 Å². The largest absolute Gasteiger partial charge is 0.481 e. The fourth-order valence-corrected chi connectivity index (χ4v) is 4.72. The van der Waals surface area contributed by atoms with Crippen molar-refractivity contribution in [3.8, 4) is 22.6 Å². The smallest absolute Gasteiger partial charge is 0.307 e. The molecule has 0 amide bonds. The fraction of sp³-hybridized carbons (Fsp3) is 0.240. The summed E-state index contributed by atoms with van der Waals surface area (Å²) in [5, 5.41) is 9.34. The summed E-state index contributed by atoms with van der Waals surface area (Å²) in [6.45, 7) is 1.94. The number of hydrogen-bond acceptors (Lipinski definition) is 2. The Labute approximate surface area is 168 Å². The molecule has 1 fully saturated rings. The van der Waals surface area contributed by atoms with E-state index >= 15 is 0 Å². The van der Waals surface area contributed by atoms with Crippen LogP contribution in [-0.4, -0.2) is 11.1 Å². The van der Waals surface area contributed by atoms with Gasteiger partial charge in [0.1, 0.15) is 17.3 Å². The van der Waals surface area contributed by atoms with Crippen LogP contribution in [0.1, 0.15) is 29.5 Å². The van der Waals surface area contributed by atoms with Gasteiger partial charge in [0.2, 0.25) is 0 Å². The molecule has 1 saturated carbocycles. The summed E-state index contributed by atoms with van der Waals surface area (Å²) in [5.41, 5.74) is 4.60. The van der Waals surface area contributed by atoms with E-state index in [1.54, 1.807) is 6.07 Å². The van der Waals surface area contributed by atoms with Crippen molar-refractivity contribution in [2.75, 3.05) is 0 Å². The number of fused-ring (bicyclic) bond motifs is 2. The maximum absolute atomic E-state index is 14.1. The van der Waals surface area contributed by atoms with Crippen LogP contribution in [0.2, 0.25) is 0 Å². The van der Waals surface area contributed by atoms with E-state index in [1.165, 1.54) is 17.2 Å². The van der Waals surface area contributed by atoms with Crippen LogP contribution in [0.5, 0.6) is 11.5 Å². The number of aliphatic carboxylic acids is 1. The topological polar surface area (TPSA) is 46.5 Å². The van der Waals surface area contributed by atoms with Crippen molar-refractivity contribution in [3.63, 3.8) is 0 Å². The van der Waals surface area contributed by atoms with E-state index in [0.717, 1.165) is 36.1 Å². The highest BCUT2D eigenvalue weighted by atomic mass is 19.1. The second kappa shape index (κ2) is 6.45. The van der Waals surface area contributed by atoms with Gasteiger partial charge in [0.15, 0.2) is 0 Å². The zero-order chi connectivity index (χ0) is 20.2. The summed E-state index contributed by atoms with van der Waals surface area (Å²) in [7, 11) is 0. The first kappa shape index (κ1) is 17.9. The summed E-state index contributed by atoms with van der Waals surface area (Å²) < 4.78 is 20.1. The van der Waals surface area contributed by atoms with Crippen molar-refractivity contribution >= 4 is 5.97 Å². The number of hydrogen-bond donors (Lipinski definition) is 1. The van der Waals surface area contributed by atoms with Crippen molar-refractivity contribution in [1.82, 2.24) is 0 Å². The normalized spacial score (nSPS) is 21.8. The van der Waals surface area contributed by atoms with Crippen LogP contribution in [-0.2, 0) is 16.6 Å². The number of carboxylic acid groups (broad SMARTS) is 1. The first-order valence-electron chi connectivity index (χ1n) is 9.87. The fourth-order valence-electron chi connectivity index (χ4n) is 4.72. The molecule has 1 spiro atoms. The highest BCUT2D eigenvalue weighted by molar-refractivity contribution is 5.78. The van der Waals surface area contributed by atoms with Gasteiger partial charge in [0, 0.05) is 11.0 Å². The Morgan fingerprint density at radius 3 is 2.55 bits per heavy atom. The minimum atomic E-state index is -0.691. The zero-order valence-electron chi connectivity index (χ0n) is 16.1. The van der Waals surface area contributed by atoms with Gasteiger partial charge < -0.3 is 9.84 Å². The lowest BCUT2D eigenvalue weighted by Crippen LogP contribution is -2.11. The predicted molar refractivity (Wildman–Crippen MR) is 109 cm³/mol. The Hall–Kier alpha value is -3.14. The lowest BCUT2D eigenvalue weighted by atomic mass is 9.95. The minimum Gasteiger partial charge on any atom is -0.481 e. The molecule has 0 aromatic heterocycles. The molecule has 3 aromatic rings. The number of halogens is 1. The van der Waals surface area contributed by atoms with Crippen LogP contribution in [0.25, 0.3) is 11.1 Å². The first-order valence-corrected chi connectivity index (χ1v) is 9.87. The Balaban J connectivity index is 1.35. The van der Waals surface area contributed by atoms with E-state index in [-0.39, 0.29) is 17.2 Å². The van der Waals surface area contributed by atoms with Crippen molar-refractivity contribution < 1.29 is 19.0 Å². The molecule has 2 atom stereocenters. The molecule has 2 aliphatic carbocycles. The second-order valence-corrected chi connectivity index (χ2v) is 8.18. The van der Waals surface area contributed by atoms with Gasteiger partial charge in [-0.2, -0.15) is 0 Å². The molecule has 2 aliphatic rings. The van der Waals surface area contributed by atoms with E-state index in [1.807, 2.05) is 55.5 Å². The van der Waals surface area contributed by atoms with Crippen molar-refractivity contribution in [2.45, 2.75) is 31.6 Å². The van der Waals surface area contributed by atoms with Gasteiger partial charge in [0.05, 0.1) is 5.92 Å². The molecular formula is C25H21FO3. The summed E-state index contributed by atoms with van der Waals surface area (Å²) in [6, 6.07) is 18.4. The van der Waals surface area contributed by atoms with E-state index in [0.29, 0.717) is 11.3 Å². The Morgan fingerprint density at radius 2 is 1.83 bits per heavy atom. The molecule has 4 heteroatoms. The van der Waals surface area contributed by atoms with E-state index in [2.05, 4.69) is 0 Å². The molecule has 1 N–H and O–H groups in total. The van der Waals surface area contributed by atoms with Gasteiger partial charge in [-0.05, 0) is 79.3 Å². The monoisotopic (exact) mass is 388 g/mol. The van der Waals surface area contributed by atoms with Gasteiger partial charge in [0.25, 0.3) is 0 Å². The van der Waals surface area contributed by atoms with Crippen LogP contribution in [0, 0.1) is 18.7 Å². The Bertz CT molecular complexity index is 1120. The molecule has 3 aromatic carbocycles. The molecule has 0 radical (unpaired) electrons. The van der Waals surface area contributed by atoms with Gasteiger partial charge in [-0.1, -0.05) is 29.8 Å². The summed E-state index contributed by atoms with van der Waals surface area (Å²) in [5.74, 6) is 0.247. The lowest BCUT2D eigenvalue weighted by Gasteiger charge is -2.12. The van der Waals surface area contributed by atoms with Gasteiger partial charge in [-0.3, -0.25) is 4.79 Å². The van der Waals surface area contributed by atoms with Crippen molar-refractivity contribution in [3.05, 3.63) is 83.2 Å². The molecule has 0 aliphatic heterocycles. The summed E-state index contributed by atoms with van der Waals surface area (Å²) in [6.07, 6.45) is 2.54. The number of carboxylic acids is 1. The average molecular weight is 388 g/mol. The van der Waals surface area contributed by atoms with E-state index < -0.39 is 5.97 Å². The van der Waals surface area contributed by atoms with Crippen LogP contribution in [0.4, 0.5) is 4.39 Å².